The zero-order chi connectivity index (χ0) is 13.0. The molecule has 1 fully saturated rings. The van der Waals surface area contributed by atoms with Crippen LogP contribution in [0.15, 0.2) is 29.2 Å². The third kappa shape index (κ3) is 3.25. The normalized spacial score (nSPS) is 23.7. The minimum Gasteiger partial charge on any atom is -0.375 e. The molecule has 1 aliphatic rings. The molecule has 0 saturated carbocycles. The highest BCUT2D eigenvalue weighted by Gasteiger charge is 2.28. The molecule has 18 heavy (non-hydrogen) atoms. The van der Waals surface area contributed by atoms with Crippen molar-refractivity contribution >= 4 is 23.4 Å². The number of ether oxygens (including phenoxy) is 1. The molecular weight excluding hydrogens is 248 g/mol. The summed E-state index contributed by atoms with van der Waals surface area (Å²) in [6.07, 6.45) is 1.93. The van der Waals surface area contributed by atoms with Crippen molar-refractivity contribution < 1.29 is 9.53 Å². The van der Waals surface area contributed by atoms with Crippen molar-refractivity contribution in [3.8, 4) is 0 Å². The van der Waals surface area contributed by atoms with E-state index in [1.807, 2.05) is 37.4 Å². The molecule has 2 N–H and O–H groups in total. The Bertz CT molecular complexity index is 408. The van der Waals surface area contributed by atoms with E-state index < -0.39 is 0 Å². The number of carbonyl (C=O) groups excluding carboxylic acids is 1. The Kier molecular flexibility index (Phi) is 4.63. The average Bonchev–Trinajstić information content (AvgIpc) is 2.40. The second-order valence-electron chi connectivity index (χ2n) is 4.23. The Morgan fingerprint density at radius 2 is 2.17 bits per heavy atom. The molecule has 1 aliphatic heterocycles. The summed E-state index contributed by atoms with van der Waals surface area (Å²) in [7, 11) is 0. The summed E-state index contributed by atoms with van der Waals surface area (Å²) in [5.41, 5.74) is 0.817. The van der Waals surface area contributed by atoms with Crippen LogP contribution in [0.25, 0.3) is 0 Å². The number of thioether (sulfide) groups is 1. The molecule has 2 rings (SSSR count). The SMILES string of the molecule is CSc1ccc(NC(=O)[C@H]2NCCO[C@@H]2C)cc1. The van der Waals surface area contributed by atoms with Crippen molar-refractivity contribution in [2.45, 2.75) is 24.0 Å². The fraction of sp³-hybridized carbons (Fsp3) is 0.462. The van der Waals surface area contributed by atoms with Crippen LogP contribution in [-0.2, 0) is 9.53 Å². The van der Waals surface area contributed by atoms with Gasteiger partial charge in [0, 0.05) is 17.1 Å². The van der Waals surface area contributed by atoms with Gasteiger partial charge in [0.05, 0.1) is 12.7 Å². The van der Waals surface area contributed by atoms with E-state index in [4.69, 9.17) is 4.74 Å². The molecule has 1 saturated heterocycles. The molecule has 4 nitrogen and oxygen atoms in total. The molecule has 1 amide bonds. The van der Waals surface area contributed by atoms with E-state index >= 15 is 0 Å². The number of carbonyl (C=O) groups is 1. The molecule has 5 heteroatoms. The molecule has 1 aromatic rings. The van der Waals surface area contributed by atoms with Crippen molar-refractivity contribution in [2.75, 3.05) is 24.7 Å². The molecular formula is C13H18N2O2S. The van der Waals surface area contributed by atoms with Crippen molar-refractivity contribution in [2.24, 2.45) is 0 Å². The molecule has 0 unspecified atom stereocenters. The fourth-order valence-electron chi connectivity index (χ4n) is 1.92. The van der Waals surface area contributed by atoms with Crippen LogP contribution in [0.4, 0.5) is 5.69 Å². The van der Waals surface area contributed by atoms with Gasteiger partial charge in [-0.1, -0.05) is 0 Å². The van der Waals surface area contributed by atoms with Crippen molar-refractivity contribution in [1.29, 1.82) is 0 Å². The highest BCUT2D eigenvalue weighted by molar-refractivity contribution is 7.98. The maximum Gasteiger partial charge on any atom is 0.244 e. The number of rotatable bonds is 3. The first-order valence-electron chi connectivity index (χ1n) is 6.00. The van der Waals surface area contributed by atoms with E-state index in [9.17, 15) is 4.79 Å². The van der Waals surface area contributed by atoms with Gasteiger partial charge in [-0.05, 0) is 37.4 Å². The lowest BCUT2D eigenvalue weighted by Crippen LogP contribution is -2.53. The molecule has 0 aromatic heterocycles. The monoisotopic (exact) mass is 266 g/mol. The lowest BCUT2D eigenvalue weighted by atomic mass is 10.1. The van der Waals surface area contributed by atoms with Gasteiger partial charge in [0.1, 0.15) is 6.04 Å². The van der Waals surface area contributed by atoms with E-state index in [1.54, 1.807) is 11.8 Å². The average molecular weight is 266 g/mol. The summed E-state index contributed by atoms with van der Waals surface area (Å²) < 4.78 is 5.46. The van der Waals surface area contributed by atoms with Crippen LogP contribution < -0.4 is 10.6 Å². The van der Waals surface area contributed by atoms with Crippen LogP contribution in [0.3, 0.4) is 0 Å². The Labute approximate surface area is 111 Å². The third-order valence-corrected chi connectivity index (χ3v) is 3.70. The molecule has 1 aromatic carbocycles. The Morgan fingerprint density at radius 3 is 2.78 bits per heavy atom. The van der Waals surface area contributed by atoms with Crippen LogP contribution in [0, 0.1) is 0 Å². The third-order valence-electron chi connectivity index (χ3n) is 2.96. The predicted molar refractivity (Wildman–Crippen MR) is 74.1 cm³/mol. The molecule has 0 aliphatic carbocycles. The zero-order valence-electron chi connectivity index (χ0n) is 10.6. The maximum atomic E-state index is 12.1. The van der Waals surface area contributed by atoms with Gasteiger partial charge in [0.25, 0.3) is 0 Å². The summed E-state index contributed by atoms with van der Waals surface area (Å²) in [6.45, 7) is 3.29. The van der Waals surface area contributed by atoms with E-state index in [0.717, 1.165) is 5.69 Å². The molecule has 2 atom stereocenters. The topological polar surface area (TPSA) is 50.4 Å². The van der Waals surface area contributed by atoms with Gasteiger partial charge in [0.15, 0.2) is 0 Å². The number of morpholine rings is 1. The van der Waals surface area contributed by atoms with Gasteiger partial charge in [-0.3, -0.25) is 4.79 Å². The Balaban J connectivity index is 1.97. The lowest BCUT2D eigenvalue weighted by molar-refractivity contribution is -0.123. The highest BCUT2D eigenvalue weighted by Crippen LogP contribution is 2.18. The number of hydrogen-bond acceptors (Lipinski definition) is 4. The van der Waals surface area contributed by atoms with E-state index in [-0.39, 0.29) is 18.1 Å². The van der Waals surface area contributed by atoms with Crippen molar-refractivity contribution in [3.63, 3.8) is 0 Å². The van der Waals surface area contributed by atoms with Gasteiger partial charge in [-0.25, -0.2) is 0 Å². The van der Waals surface area contributed by atoms with E-state index in [1.165, 1.54) is 4.90 Å². The first-order valence-corrected chi connectivity index (χ1v) is 7.23. The Morgan fingerprint density at radius 1 is 1.44 bits per heavy atom. The van der Waals surface area contributed by atoms with Crippen molar-refractivity contribution in [1.82, 2.24) is 5.32 Å². The highest BCUT2D eigenvalue weighted by atomic mass is 32.2. The first-order chi connectivity index (χ1) is 8.70. The minimum atomic E-state index is -0.279. The first kappa shape index (κ1) is 13.4. The summed E-state index contributed by atoms with van der Waals surface area (Å²) in [5.74, 6) is -0.0425. The zero-order valence-corrected chi connectivity index (χ0v) is 11.4. The maximum absolute atomic E-state index is 12.1. The van der Waals surface area contributed by atoms with Gasteiger partial charge in [-0.15, -0.1) is 11.8 Å². The molecule has 1 heterocycles. The number of nitrogens with one attached hydrogen (secondary N) is 2. The molecule has 0 bridgehead atoms. The Hall–Kier alpha value is -1.04. The van der Waals surface area contributed by atoms with Crippen LogP contribution in [-0.4, -0.2) is 37.5 Å². The van der Waals surface area contributed by atoms with Gasteiger partial charge in [0.2, 0.25) is 5.91 Å². The molecule has 0 spiro atoms. The standard InChI is InChI=1S/C13H18N2O2S/c1-9-12(14-7-8-17-9)13(16)15-10-3-5-11(18-2)6-4-10/h3-6,9,12,14H,7-8H2,1-2H3,(H,15,16)/t9-,12+/m1/s1. The predicted octanol–water partition coefficient (Wildman–Crippen LogP) is 1.72. The summed E-state index contributed by atoms with van der Waals surface area (Å²) in [4.78, 5) is 13.3. The number of anilines is 1. The van der Waals surface area contributed by atoms with Crippen LogP contribution in [0.1, 0.15) is 6.92 Å². The van der Waals surface area contributed by atoms with E-state index in [0.29, 0.717) is 13.2 Å². The summed E-state index contributed by atoms with van der Waals surface area (Å²) in [6, 6.07) is 7.54. The van der Waals surface area contributed by atoms with Gasteiger partial charge >= 0.3 is 0 Å². The summed E-state index contributed by atoms with van der Waals surface area (Å²) in [5, 5.41) is 6.07. The summed E-state index contributed by atoms with van der Waals surface area (Å²) >= 11 is 1.68. The number of hydrogen-bond donors (Lipinski definition) is 2. The van der Waals surface area contributed by atoms with Crippen LogP contribution in [0.5, 0.6) is 0 Å². The van der Waals surface area contributed by atoms with Gasteiger partial charge in [-0.2, -0.15) is 0 Å². The largest absolute Gasteiger partial charge is 0.375 e. The molecule has 98 valence electrons. The second-order valence-corrected chi connectivity index (χ2v) is 5.11. The lowest BCUT2D eigenvalue weighted by Gasteiger charge is -2.29. The van der Waals surface area contributed by atoms with Gasteiger partial charge < -0.3 is 15.4 Å². The molecule has 0 radical (unpaired) electrons. The fourth-order valence-corrected chi connectivity index (χ4v) is 2.33. The van der Waals surface area contributed by atoms with Crippen LogP contribution in [0.2, 0.25) is 0 Å². The number of benzene rings is 1. The smallest absolute Gasteiger partial charge is 0.244 e. The minimum absolute atomic E-state index is 0.0425. The quantitative estimate of drug-likeness (QED) is 0.818. The van der Waals surface area contributed by atoms with Crippen LogP contribution >= 0.6 is 11.8 Å². The van der Waals surface area contributed by atoms with Crippen molar-refractivity contribution in [3.05, 3.63) is 24.3 Å². The second kappa shape index (κ2) is 6.22. The number of amides is 1. The van der Waals surface area contributed by atoms with E-state index in [2.05, 4.69) is 10.6 Å².